The molecule has 2 saturated heterocycles. The van der Waals surface area contributed by atoms with E-state index in [2.05, 4.69) is 20.2 Å². The van der Waals surface area contributed by atoms with E-state index < -0.39 is 28.3 Å². The first-order valence-corrected chi connectivity index (χ1v) is 13.4. The number of piperidine rings is 1. The Labute approximate surface area is 206 Å². The van der Waals surface area contributed by atoms with Crippen molar-refractivity contribution in [2.24, 2.45) is 0 Å². The Morgan fingerprint density at radius 3 is 2.50 bits per heavy atom. The van der Waals surface area contributed by atoms with E-state index in [0.29, 0.717) is 49.9 Å². The molecule has 8 nitrogen and oxygen atoms in total. The minimum absolute atomic E-state index is 0.0436. The highest BCUT2D eigenvalue weighted by Gasteiger charge is 2.40. The number of aromatic nitrogens is 2. The molecule has 1 aromatic carbocycles. The maximum absolute atomic E-state index is 14.5. The van der Waals surface area contributed by atoms with Gasteiger partial charge in [0.15, 0.2) is 9.84 Å². The van der Waals surface area contributed by atoms with Crippen LogP contribution in [0.5, 0.6) is 5.88 Å². The van der Waals surface area contributed by atoms with E-state index in [1.54, 1.807) is 6.92 Å². The van der Waals surface area contributed by atoms with Crippen LogP contribution in [0.25, 0.3) is 0 Å². The Bertz CT molecular complexity index is 1180. The van der Waals surface area contributed by atoms with Gasteiger partial charge in [0, 0.05) is 37.6 Å². The van der Waals surface area contributed by atoms with Gasteiger partial charge < -0.3 is 14.8 Å². The number of alkyl halides is 3. The van der Waals surface area contributed by atoms with E-state index in [4.69, 9.17) is 9.47 Å². The summed E-state index contributed by atoms with van der Waals surface area (Å²) in [6, 6.07) is 3.48. The van der Waals surface area contributed by atoms with Crippen molar-refractivity contribution >= 4 is 21.3 Å². The van der Waals surface area contributed by atoms with Crippen LogP contribution >= 0.6 is 0 Å². The lowest BCUT2D eigenvalue weighted by Crippen LogP contribution is -2.59. The van der Waals surface area contributed by atoms with E-state index >= 15 is 0 Å². The molecule has 3 atom stereocenters. The monoisotopic (exact) mass is 532 g/mol. The number of anilines is 2. The molecular weight excluding hydrogens is 504 g/mol. The molecule has 198 valence electrons. The predicted octanol–water partition coefficient (Wildman–Crippen LogP) is 4.02. The van der Waals surface area contributed by atoms with Crippen molar-refractivity contribution in [2.45, 2.75) is 61.9 Å². The van der Waals surface area contributed by atoms with Gasteiger partial charge in [-0.3, -0.25) is 4.90 Å². The Hall–Kier alpha value is -2.51. The van der Waals surface area contributed by atoms with Crippen molar-refractivity contribution in [2.75, 3.05) is 31.3 Å². The van der Waals surface area contributed by atoms with Gasteiger partial charge in [0.25, 0.3) is 0 Å². The smallest absolute Gasteiger partial charge is 0.389 e. The summed E-state index contributed by atoms with van der Waals surface area (Å²) in [6.07, 6.45) is -1.70. The van der Waals surface area contributed by atoms with Crippen molar-refractivity contribution in [3.05, 3.63) is 35.9 Å². The molecule has 0 saturated carbocycles. The molecule has 2 bridgehead atoms. The third kappa shape index (κ3) is 6.43. The highest BCUT2D eigenvalue weighted by atomic mass is 32.2. The molecule has 3 heterocycles. The number of rotatable bonds is 8. The van der Waals surface area contributed by atoms with E-state index in [0.717, 1.165) is 12.3 Å². The molecule has 2 aliphatic heterocycles. The van der Waals surface area contributed by atoms with Gasteiger partial charge in [-0.15, -0.1) is 0 Å². The summed E-state index contributed by atoms with van der Waals surface area (Å²) < 4.78 is 87.3. The molecule has 1 aromatic heterocycles. The van der Waals surface area contributed by atoms with Gasteiger partial charge in [-0.25, -0.2) is 22.8 Å². The predicted molar refractivity (Wildman–Crippen MR) is 124 cm³/mol. The molecule has 2 fully saturated rings. The quantitative estimate of drug-likeness (QED) is 0.510. The third-order valence-corrected chi connectivity index (χ3v) is 7.55. The number of hydrogen-bond donors (Lipinski definition) is 1. The molecule has 2 aromatic rings. The molecule has 2 unspecified atom stereocenters. The van der Waals surface area contributed by atoms with Crippen LogP contribution in [0.2, 0.25) is 0 Å². The fourth-order valence-corrected chi connectivity index (χ4v) is 5.29. The lowest BCUT2D eigenvalue weighted by molar-refractivity contribution is -0.141. The van der Waals surface area contributed by atoms with Gasteiger partial charge >= 0.3 is 6.18 Å². The summed E-state index contributed by atoms with van der Waals surface area (Å²) >= 11 is 0. The standard InChI is InChI=1S/C23H28F4N4O4S/c1-14-21(30-20-5-4-18(10-19(20)24)36(2,32)33)28-13-29-22(14)35-17-8-15-11-34-12-16(9-17)31(15)7-3-6-23(25,26)27/h4-5,10,13,15-17H,3,6-9,11-12H2,1-2H3,(H,28,29,30)/t15-,16?,17?/m0/s1. The first-order chi connectivity index (χ1) is 16.9. The number of fused-ring (bicyclic) bond motifs is 2. The molecule has 0 amide bonds. The average Bonchev–Trinajstić information content (AvgIpc) is 2.76. The normalized spacial score (nSPS) is 22.9. The largest absolute Gasteiger partial charge is 0.474 e. The van der Waals surface area contributed by atoms with Gasteiger partial charge in [0.2, 0.25) is 5.88 Å². The Morgan fingerprint density at radius 1 is 1.19 bits per heavy atom. The Kier molecular flexibility index (Phi) is 7.72. The molecule has 1 N–H and O–H groups in total. The van der Waals surface area contributed by atoms with Crippen molar-refractivity contribution in [1.29, 1.82) is 0 Å². The Balaban J connectivity index is 1.42. The molecule has 4 rings (SSSR count). The van der Waals surface area contributed by atoms with Crippen LogP contribution in [0.4, 0.5) is 29.1 Å². The van der Waals surface area contributed by atoms with Gasteiger partial charge in [-0.1, -0.05) is 0 Å². The van der Waals surface area contributed by atoms with Crippen molar-refractivity contribution in [3.8, 4) is 5.88 Å². The molecule has 13 heteroatoms. The summed E-state index contributed by atoms with van der Waals surface area (Å²) in [7, 11) is -3.54. The van der Waals surface area contributed by atoms with Crippen LogP contribution in [0.3, 0.4) is 0 Å². The molecule has 0 radical (unpaired) electrons. The average molecular weight is 533 g/mol. The third-order valence-electron chi connectivity index (χ3n) is 6.44. The summed E-state index contributed by atoms with van der Waals surface area (Å²) in [5, 5.41) is 2.86. The minimum atomic E-state index is -4.16. The lowest BCUT2D eigenvalue weighted by atomic mass is 9.91. The highest BCUT2D eigenvalue weighted by molar-refractivity contribution is 7.90. The first-order valence-electron chi connectivity index (χ1n) is 11.6. The SMILES string of the molecule is Cc1c(Nc2ccc(S(C)(=O)=O)cc2F)ncnc1OC1CC2COC[C@H](C1)N2CCCC(F)(F)F. The maximum Gasteiger partial charge on any atom is 0.389 e. The van der Waals surface area contributed by atoms with Crippen molar-refractivity contribution in [1.82, 2.24) is 14.9 Å². The lowest BCUT2D eigenvalue weighted by Gasteiger charge is -2.48. The number of hydrogen-bond acceptors (Lipinski definition) is 8. The number of benzene rings is 1. The number of morpholine rings is 1. The van der Waals surface area contributed by atoms with Crippen molar-refractivity contribution in [3.63, 3.8) is 0 Å². The van der Waals surface area contributed by atoms with Gasteiger partial charge in [-0.2, -0.15) is 13.2 Å². The number of halogens is 4. The fourth-order valence-electron chi connectivity index (χ4n) is 4.66. The van der Waals surface area contributed by atoms with Crippen LogP contribution in [-0.4, -0.2) is 73.7 Å². The number of sulfone groups is 1. The molecule has 0 aliphatic carbocycles. The van der Waals surface area contributed by atoms with Crippen molar-refractivity contribution < 1.29 is 35.5 Å². The number of ether oxygens (including phenoxy) is 2. The maximum atomic E-state index is 14.5. The zero-order valence-corrected chi connectivity index (χ0v) is 20.7. The van der Waals surface area contributed by atoms with Gasteiger partial charge in [-0.05, 0) is 38.1 Å². The summed E-state index contributed by atoms with van der Waals surface area (Å²) in [6.45, 7) is 2.94. The summed E-state index contributed by atoms with van der Waals surface area (Å²) in [5.74, 6) is -0.126. The summed E-state index contributed by atoms with van der Waals surface area (Å²) in [5.41, 5.74) is 0.590. The highest BCUT2D eigenvalue weighted by Crippen LogP contribution is 2.33. The van der Waals surface area contributed by atoms with E-state index in [1.165, 1.54) is 18.5 Å². The second kappa shape index (κ2) is 10.5. The van der Waals surface area contributed by atoms with E-state index in [1.807, 2.05) is 0 Å². The number of nitrogens with one attached hydrogen (secondary N) is 1. The summed E-state index contributed by atoms with van der Waals surface area (Å²) in [4.78, 5) is 10.3. The van der Waals surface area contributed by atoms with Crippen LogP contribution in [0, 0.1) is 12.7 Å². The first kappa shape index (κ1) is 26.6. The second-order valence-electron chi connectivity index (χ2n) is 9.20. The van der Waals surface area contributed by atoms with Gasteiger partial charge in [0.05, 0.1) is 29.4 Å². The van der Waals surface area contributed by atoms with Crippen LogP contribution in [0.1, 0.15) is 31.2 Å². The topological polar surface area (TPSA) is 93.7 Å². The van der Waals surface area contributed by atoms with Crippen LogP contribution < -0.4 is 10.1 Å². The fraction of sp³-hybridized carbons (Fsp3) is 0.565. The molecule has 36 heavy (non-hydrogen) atoms. The molecular formula is C23H28F4N4O4S. The van der Waals surface area contributed by atoms with Gasteiger partial charge in [0.1, 0.15) is 24.1 Å². The zero-order chi connectivity index (χ0) is 26.1. The molecule has 2 aliphatic rings. The van der Waals surface area contributed by atoms with Crippen LogP contribution in [-0.2, 0) is 14.6 Å². The van der Waals surface area contributed by atoms with Crippen LogP contribution in [0.15, 0.2) is 29.4 Å². The molecule has 0 spiro atoms. The second-order valence-corrected chi connectivity index (χ2v) is 11.2. The number of nitrogens with zero attached hydrogens (tertiary/aromatic N) is 3. The minimum Gasteiger partial charge on any atom is -0.474 e. The van der Waals surface area contributed by atoms with E-state index in [-0.39, 0.29) is 35.2 Å². The Morgan fingerprint density at radius 2 is 1.89 bits per heavy atom. The zero-order valence-electron chi connectivity index (χ0n) is 19.9. The van der Waals surface area contributed by atoms with E-state index in [9.17, 15) is 26.0 Å².